The summed E-state index contributed by atoms with van der Waals surface area (Å²) in [6.45, 7) is 0. The molecule has 86 valence electrons. The van der Waals surface area contributed by atoms with Gasteiger partial charge in [-0.1, -0.05) is 6.07 Å². The molecule has 0 aliphatic carbocycles. The van der Waals surface area contributed by atoms with Gasteiger partial charge in [0.25, 0.3) is 0 Å². The summed E-state index contributed by atoms with van der Waals surface area (Å²) >= 11 is 0. The number of unbranched alkanes of at least 4 members (excludes halogenated alkanes) is 1. The number of hydrogen-bond acceptors (Lipinski definition) is 2. The van der Waals surface area contributed by atoms with Crippen molar-refractivity contribution in [2.75, 3.05) is 0 Å². The fraction of sp³-hybridized carbons (Fsp3) is 0.333. The van der Waals surface area contributed by atoms with E-state index < -0.39 is 11.6 Å². The van der Waals surface area contributed by atoms with E-state index in [4.69, 9.17) is 12.3 Å². The van der Waals surface area contributed by atoms with Crippen LogP contribution < -0.4 is 11.3 Å². The lowest BCUT2D eigenvalue weighted by Crippen LogP contribution is -2.28. The SMILES string of the molecule is C#CCCCC(NN)c1ccc(F)c(F)c1. The second-order valence-electron chi connectivity index (χ2n) is 3.49. The average Bonchev–Trinajstić information content (AvgIpc) is 2.29. The van der Waals surface area contributed by atoms with Crippen LogP contribution in [0.2, 0.25) is 0 Å². The van der Waals surface area contributed by atoms with E-state index >= 15 is 0 Å². The molecule has 1 aromatic carbocycles. The highest BCUT2D eigenvalue weighted by Gasteiger charge is 2.11. The lowest BCUT2D eigenvalue weighted by atomic mass is 10.0. The van der Waals surface area contributed by atoms with E-state index in [1.54, 1.807) is 0 Å². The minimum atomic E-state index is -0.866. The summed E-state index contributed by atoms with van der Waals surface area (Å²) in [4.78, 5) is 0. The number of hydrazine groups is 1. The van der Waals surface area contributed by atoms with E-state index in [-0.39, 0.29) is 6.04 Å². The largest absolute Gasteiger partial charge is 0.271 e. The van der Waals surface area contributed by atoms with Gasteiger partial charge in [-0.2, -0.15) is 0 Å². The summed E-state index contributed by atoms with van der Waals surface area (Å²) in [5, 5.41) is 0. The maximum atomic E-state index is 13.0. The van der Waals surface area contributed by atoms with E-state index in [1.165, 1.54) is 6.07 Å². The molecule has 4 heteroatoms. The molecule has 0 amide bonds. The zero-order chi connectivity index (χ0) is 12.0. The van der Waals surface area contributed by atoms with Crippen LogP contribution in [0.4, 0.5) is 8.78 Å². The van der Waals surface area contributed by atoms with E-state index in [0.29, 0.717) is 18.4 Å². The molecule has 0 aliphatic heterocycles. The number of rotatable bonds is 5. The van der Waals surface area contributed by atoms with Crippen LogP contribution in [-0.2, 0) is 0 Å². The third kappa shape index (κ3) is 3.30. The topological polar surface area (TPSA) is 38.0 Å². The summed E-state index contributed by atoms with van der Waals surface area (Å²) in [7, 11) is 0. The first-order valence-corrected chi connectivity index (χ1v) is 5.03. The fourth-order valence-corrected chi connectivity index (χ4v) is 1.48. The molecule has 0 spiro atoms. The van der Waals surface area contributed by atoms with Crippen LogP contribution >= 0.6 is 0 Å². The Hall–Kier alpha value is -1.44. The van der Waals surface area contributed by atoms with Gasteiger partial charge in [0.1, 0.15) is 0 Å². The van der Waals surface area contributed by atoms with Crippen LogP contribution in [-0.4, -0.2) is 0 Å². The Morgan fingerprint density at radius 1 is 1.38 bits per heavy atom. The van der Waals surface area contributed by atoms with Gasteiger partial charge in [0.15, 0.2) is 11.6 Å². The second kappa shape index (κ2) is 6.21. The normalized spacial score (nSPS) is 12.1. The molecule has 16 heavy (non-hydrogen) atoms. The third-order valence-corrected chi connectivity index (χ3v) is 2.36. The monoisotopic (exact) mass is 224 g/mol. The molecule has 0 radical (unpaired) electrons. The first-order chi connectivity index (χ1) is 7.69. The second-order valence-corrected chi connectivity index (χ2v) is 3.49. The molecule has 1 atom stereocenters. The Bertz CT molecular complexity index is 385. The number of halogens is 2. The van der Waals surface area contributed by atoms with Crippen molar-refractivity contribution in [2.24, 2.45) is 5.84 Å². The van der Waals surface area contributed by atoms with Gasteiger partial charge in [0.05, 0.1) is 0 Å². The summed E-state index contributed by atoms with van der Waals surface area (Å²) in [5.74, 6) is 6.15. The summed E-state index contributed by atoms with van der Waals surface area (Å²) in [5.41, 5.74) is 3.19. The minimum Gasteiger partial charge on any atom is -0.271 e. The molecule has 0 heterocycles. The van der Waals surface area contributed by atoms with Crippen LogP contribution in [0, 0.1) is 24.0 Å². The predicted octanol–water partition coefficient (Wildman–Crippen LogP) is 2.27. The van der Waals surface area contributed by atoms with Crippen LogP contribution in [0.1, 0.15) is 30.9 Å². The molecule has 0 aromatic heterocycles. The standard InChI is InChI=1S/C12H14F2N2/c1-2-3-4-5-12(16-15)9-6-7-10(13)11(14)8-9/h1,6-8,12,16H,3-5,15H2. The van der Waals surface area contributed by atoms with Gasteiger partial charge < -0.3 is 0 Å². The third-order valence-electron chi connectivity index (χ3n) is 2.36. The van der Waals surface area contributed by atoms with Gasteiger partial charge in [-0.05, 0) is 30.5 Å². The van der Waals surface area contributed by atoms with E-state index in [0.717, 1.165) is 18.6 Å². The highest BCUT2D eigenvalue weighted by molar-refractivity contribution is 5.21. The molecule has 0 fully saturated rings. The fourth-order valence-electron chi connectivity index (χ4n) is 1.48. The molecule has 0 saturated heterocycles. The van der Waals surface area contributed by atoms with Gasteiger partial charge in [0.2, 0.25) is 0 Å². The van der Waals surface area contributed by atoms with Crippen LogP contribution in [0.5, 0.6) is 0 Å². The Labute approximate surface area is 93.8 Å². The van der Waals surface area contributed by atoms with Crippen LogP contribution in [0.15, 0.2) is 18.2 Å². The van der Waals surface area contributed by atoms with Crippen LogP contribution in [0.25, 0.3) is 0 Å². The minimum absolute atomic E-state index is 0.205. The maximum Gasteiger partial charge on any atom is 0.159 e. The van der Waals surface area contributed by atoms with Gasteiger partial charge in [-0.3, -0.25) is 11.3 Å². The summed E-state index contributed by atoms with van der Waals surface area (Å²) in [6, 6.07) is 3.55. The molecule has 3 N–H and O–H groups in total. The molecule has 0 aliphatic rings. The molecule has 1 rings (SSSR count). The van der Waals surface area contributed by atoms with Crippen molar-refractivity contribution in [1.82, 2.24) is 5.43 Å². The quantitative estimate of drug-likeness (QED) is 0.348. The molecule has 1 unspecified atom stereocenters. The summed E-state index contributed by atoms with van der Waals surface area (Å²) < 4.78 is 25.7. The highest BCUT2D eigenvalue weighted by atomic mass is 19.2. The Morgan fingerprint density at radius 2 is 2.12 bits per heavy atom. The lowest BCUT2D eigenvalue weighted by Gasteiger charge is -2.15. The van der Waals surface area contributed by atoms with E-state index in [2.05, 4.69) is 11.3 Å². The molecule has 2 nitrogen and oxygen atoms in total. The first kappa shape index (κ1) is 12.6. The van der Waals surface area contributed by atoms with Crippen molar-refractivity contribution < 1.29 is 8.78 Å². The lowest BCUT2D eigenvalue weighted by molar-refractivity contribution is 0.482. The Morgan fingerprint density at radius 3 is 2.69 bits per heavy atom. The zero-order valence-electron chi connectivity index (χ0n) is 8.84. The van der Waals surface area contributed by atoms with Crippen molar-refractivity contribution in [3.8, 4) is 12.3 Å². The first-order valence-electron chi connectivity index (χ1n) is 5.03. The maximum absolute atomic E-state index is 13.0. The number of hydrogen-bond donors (Lipinski definition) is 2. The number of nitrogens with two attached hydrogens (primary N) is 1. The highest BCUT2D eigenvalue weighted by Crippen LogP contribution is 2.20. The van der Waals surface area contributed by atoms with Gasteiger partial charge in [-0.15, -0.1) is 12.3 Å². The van der Waals surface area contributed by atoms with Crippen molar-refractivity contribution in [3.63, 3.8) is 0 Å². The predicted molar refractivity (Wildman–Crippen MR) is 59.1 cm³/mol. The number of nitrogens with one attached hydrogen (secondary N) is 1. The molecule has 1 aromatic rings. The number of benzene rings is 1. The van der Waals surface area contributed by atoms with E-state index in [1.807, 2.05) is 0 Å². The molecule has 0 bridgehead atoms. The van der Waals surface area contributed by atoms with Crippen LogP contribution in [0.3, 0.4) is 0 Å². The van der Waals surface area contributed by atoms with Crippen molar-refractivity contribution >= 4 is 0 Å². The zero-order valence-corrected chi connectivity index (χ0v) is 8.84. The molecular formula is C12H14F2N2. The van der Waals surface area contributed by atoms with Gasteiger partial charge in [0, 0.05) is 12.5 Å². The summed E-state index contributed by atoms with van der Waals surface area (Å²) in [6.07, 6.45) is 7.24. The van der Waals surface area contributed by atoms with Crippen molar-refractivity contribution in [1.29, 1.82) is 0 Å². The average molecular weight is 224 g/mol. The van der Waals surface area contributed by atoms with Crippen molar-refractivity contribution in [3.05, 3.63) is 35.4 Å². The smallest absolute Gasteiger partial charge is 0.159 e. The Kier molecular flexibility index (Phi) is 4.90. The Balaban J connectivity index is 2.71. The van der Waals surface area contributed by atoms with Crippen molar-refractivity contribution in [2.45, 2.75) is 25.3 Å². The molecular weight excluding hydrogens is 210 g/mol. The molecule has 0 saturated carbocycles. The van der Waals surface area contributed by atoms with Gasteiger partial charge in [-0.25, -0.2) is 8.78 Å². The van der Waals surface area contributed by atoms with Gasteiger partial charge >= 0.3 is 0 Å². The number of terminal acetylenes is 1. The van der Waals surface area contributed by atoms with E-state index in [9.17, 15) is 8.78 Å².